The Morgan fingerprint density at radius 3 is 2.40 bits per heavy atom. The maximum atomic E-state index is 12.4. The summed E-state index contributed by atoms with van der Waals surface area (Å²) in [7, 11) is 0. The summed E-state index contributed by atoms with van der Waals surface area (Å²) in [6.45, 7) is 2.03. The number of nitrogens with zero attached hydrogens (tertiary/aromatic N) is 1. The summed E-state index contributed by atoms with van der Waals surface area (Å²) >= 11 is 0. The standard InChI is InChI=1S/C21H13NO3/c1-12-6-2-4-8-16(12)22-17-9-5-3-7-13(17)14-10-11-15-18(19(14)22)21(24)25-20(15)23/h2-11H,1H3. The van der Waals surface area contributed by atoms with Gasteiger partial charge < -0.3 is 9.30 Å². The molecule has 120 valence electrons. The first-order valence-corrected chi connectivity index (χ1v) is 8.05. The van der Waals surface area contributed by atoms with Crippen molar-refractivity contribution in [3.05, 3.63) is 77.4 Å². The third-order valence-corrected chi connectivity index (χ3v) is 4.80. The molecule has 2 heterocycles. The summed E-state index contributed by atoms with van der Waals surface area (Å²) in [5, 5.41) is 1.97. The maximum absolute atomic E-state index is 12.4. The number of aromatic nitrogens is 1. The van der Waals surface area contributed by atoms with Gasteiger partial charge in [-0.3, -0.25) is 0 Å². The van der Waals surface area contributed by atoms with Crippen molar-refractivity contribution in [2.24, 2.45) is 0 Å². The molecule has 5 rings (SSSR count). The lowest BCUT2D eigenvalue weighted by molar-refractivity contribution is 0.0444. The minimum absolute atomic E-state index is 0.329. The number of hydrogen-bond donors (Lipinski definition) is 0. The summed E-state index contributed by atoms with van der Waals surface area (Å²) in [6.07, 6.45) is 0. The molecule has 0 N–H and O–H groups in total. The van der Waals surface area contributed by atoms with Crippen molar-refractivity contribution < 1.29 is 14.3 Å². The number of hydrogen-bond acceptors (Lipinski definition) is 3. The highest BCUT2D eigenvalue weighted by Crippen LogP contribution is 2.38. The van der Waals surface area contributed by atoms with Crippen LogP contribution in [0.5, 0.6) is 0 Å². The number of fused-ring (bicyclic) bond motifs is 5. The predicted molar refractivity (Wildman–Crippen MR) is 95.3 cm³/mol. The van der Waals surface area contributed by atoms with Crippen LogP contribution in [0.15, 0.2) is 60.7 Å². The molecule has 0 saturated heterocycles. The molecule has 0 radical (unpaired) electrons. The number of esters is 2. The number of cyclic esters (lactones) is 2. The Morgan fingerprint density at radius 1 is 0.800 bits per heavy atom. The summed E-state index contributed by atoms with van der Waals surface area (Å²) in [5.74, 6) is -1.16. The fraction of sp³-hybridized carbons (Fsp3) is 0.0476. The Hall–Kier alpha value is -3.40. The van der Waals surface area contributed by atoms with E-state index < -0.39 is 11.9 Å². The smallest absolute Gasteiger partial charge is 0.349 e. The fourth-order valence-corrected chi connectivity index (χ4v) is 3.69. The van der Waals surface area contributed by atoms with Gasteiger partial charge in [-0.2, -0.15) is 0 Å². The number of para-hydroxylation sites is 2. The zero-order valence-electron chi connectivity index (χ0n) is 13.4. The van der Waals surface area contributed by atoms with Crippen molar-refractivity contribution in [3.63, 3.8) is 0 Å². The van der Waals surface area contributed by atoms with Crippen LogP contribution in [0.2, 0.25) is 0 Å². The van der Waals surface area contributed by atoms with E-state index in [1.807, 2.05) is 61.5 Å². The Balaban J connectivity index is 2.07. The van der Waals surface area contributed by atoms with Crippen LogP contribution >= 0.6 is 0 Å². The topological polar surface area (TPSA) is 48.3 Å². The maximum Gasteiger partial charge on any atom is 0.349 e. The van der Waals surface area contributed by atoms with Crippen molar-refractivity contribution in [1.29, 1.82) is 0 Å². The largest absolute Gasteiger partial charge is 0.386 e. The van der Waals surface area contributed by atoms with Crippen LogP contribution in [0.1, 0.15) is 26.3 Å². The number of aryl methyl sites for hydroxylation is 1. The van der Waals surface area contributed by atoms with Crippen LogP contribution in [0.25, 0.3) is 27.5 Å². The highest BCUT2D eigenvalue weighted by molar-refractivity contribution is 6.24. The number of ether oxygens (including phenoxy) is 1. The van der Waals surface area contributed by atoms with E-state index in [9.17, 15) is 9.59 Å². The van der Waals surface area contributed by atoms with Crippen LogP contribution in [-0.2, 0) is 4.74 Å². The molecule has 4 heteroatoms. The second-order valence-electron chi connectivity index (χ2n) is 6.20. The van der Waals surface area contributed by atoms with E-state index in [-0.39, 0.29) is 0 Å². The number of benzene rings is 3. The summed E-state index contributed by atoms with van der Waals surface area (Å²) < 4.78 is 6.92. The molecule has 1 aliphatic rings. The Labute approximate surface area is 143 Å². The Kier molecular flexibility index (Phi) is 2.69. The minimum Gasteiger partial charge on any atom is -0.386 e. The minimum atomic E-state index is -0.580. The van der Waals surface area contributed by atoms with E-state index in [1.54, 1.807) is 6.07 Å². The van der Waals surface area contributed by atoms with Gasteiger partial charge in [0, 0.05) is 16.5 Å². The molecule has 3 aromatic carbocycles. The van der Waals surface area contributed by atoms with E-state index in [2.05, 4.69) is 4.57 Å². The van der Waals surface area contributed by atoms with Crippen LogP contribution in [0, 0.1) is 6.92 Å². The number of carbonyl (C=O) groups excluding carboxylic acids is 2. The fourth-order valence-electron chi connectivity index (χ4n) is 3.69. The van der Waals surface area contributed by atoms with Crippen LogP contribution in [0.4, 0.5) is 0 Å². The van der Waals surface area contributed by atoms with Gasteiger partial charge in [0.25, 0.3) is 0 Å². The van der Waals surface area contributed by atoms with Gasteiger partial charge in [-0.25, -0.2) is 9.59 Å². The molecule has 0 atom stereocenters. The predicted octanol–water partition coefficient (Wildman–Crippen LogP) is 4.40. The molecule has 0 aliphatic carbocycles. The SMILES string of the molecule is Cc1ccccc1-n1c2ccccc2c2ccc3c(c21)C(=O)OC3=O. The second-order valence-corrected chi connectivity index (χ2v) is 6.20. The third kappa shape index (κ3) is 1.76. The molecular weight excluding hydrogens is 314 g/mol. The first kappa shape index (κ1) is 14.0. The second kappa shape index (κ2) is 4.80. The Morgan fingerprint density at radius 2 is 1.56 bits per heavy atom. The number of carbonyl (C=O) groups is 2. The van der Waals surface area contributed by atoms with Gasteiger partial charge in [-0.05, 0) is 30.7 Å². The lowest BCUT2D eigenvalue weighted by Gasteiger charge is -2.11. The summed E-state index contributed by atoms with van der Waals surface area (Å²) in [4.78, 5) is 24.4. The quantitative estimate of drug-likeness (QED) is 0.384. The van der Waals surface area contributed by atoms with E-state index in [1.165, 1.54) is 0 Å². The van der Waals surface area contributed by atoms with Crippen molar-refractivity contribution in [2.45, 2.75) is 6.92 Å². The van der Waals surface area contributed by atoms with Gasteiger partial charge in [0.15, 0.2) is 0 Å². The molecule has 25 heavy (non-hydrogen) atoms. The molecule has 1 aliphatic heterocycles. The van der Waals surface area contributed by atoms with Crippen LogP contribution < -0.4 is 0 Å². The van der Waals surface area contributed by atoms with Gasteiger partial charge >= 0.3 is 11.9 Å². The highest BCUT2D eigenvalue weighted by atomic mass is 16.6. The normalized spacial score (nSPS) is 13.5. The molecule has 0 spiro atoms. The van der Waals surface area contributed by atoms with Crippen molar-refractivity contribution in [2.75, 3.05) is 0 Å². The Bertz CT molecular complexity index is 1220. The highest BCUT2D eigenvalue weighted by Gasteiger charge is 2.34. The first-order valence-electron chi connectivity index (χ1n) is 8.05. The van der Waals surface area contributed by atoms with E-state index in [4.69, 9.17) is 4.74 Å². The molecule has 1 aromatic heterocycles. The summed E-state index contributed by atoms with van der Waals surface area (Å²) in [6, 6.07) is 19.6. The molecule has 4 nitrogen and oxygen atoms in total. The number of rotatable bonds is 1. The lowest BCUT2D eigenvalue weighted by Crippen LogP contribution is -2.02. The third-order valence-electron chi connectivity index (χ3n) is 4.80. The molecule has 0 fully saturated rings. The van der Waals surface area contributed by atoms with E-state index >= 15 is 0 Å². The lowest BCUT2D eigenvalue weighted by atomic mass is 10.0. The van der Waals surface area contributed by atoms with Crippen molar-refractivity contribution in [3.8, 4) is 5.69 Å². The summed E-state index contributed by atoms with van der Waals surface area (Å²) in [5.41, 5.74) is 4.46. The average molecular weight is 327 g/mol. The molecule has 0 unspecified atom stereocenters. The molecule has 0 saturated carbocycles. The monoisotopic (exact) mass is 327 g/mol. The van der Waals surface area contributed by atoms with E-state index in [0.717, 1.165) is 33.1 Å². The average Bonchev–Trinajstić information content (AvgIpc) is 3.10. The zero-order chi connectivity index (χ0) is 17.1. The first-order chi connectivity index (χ1) is 12.2. The van der Waals surface area contributed by atoms with Gasteiger partial charge in [0.2, 0.25) is 0 Å². The molecular formula is C21H13NO3. The molecule has 4 aromatic rings. The molecule has 0 amide bonds. The van der Waals surface area contributed by atoms with Gasteiger partial charge in [-0.15, -0.1) is 0 Å². The van der Waals surface area contributed by atoms with Crippen LogP contribution in [0.3, 0.4) is 0 Å². The van der Waals surface area contributed by atoms with Gasteiger partial charge in [0.1, 0.15) is 0 Å². The van der Waals surface area contributed by atoms with Crippen molar-refractivity contribution in [1.82, 2.24) is 4.57 Å². The van der Waals surface area contributed by atoms with Gasteiger partial charge in [-0.1, -0.05) is 42.5 Å². The van der Waals surface area contributed by atoms with Crippen molar-refractivity contribution >= 4 is 33.7 Å². The zero-order valence-corrected chi connectivity index (χ0v) is 13.4. The molecule has 0 bridgehead atoms. The van der Waals surface area contributed by atoms with E-state index in [0.29, 0.717) is 11.1 Å². The van der Waals surface area contributed by atoms with Crippen LogP contribution in [-0.4, -0.2) is 16.5 Å². The van der Waals surface area contributed by atoms with Gasteiger partial charge in [0.05, 0.1) is 22.2 Å².